The van der Waals surface area contributed by atoms with Crippen LogP contribution in [0.2, 0.25) is 5.02 Å². The molecule has 1 aliphatic carbocycles. The molecule has 4 nitrogen and oxygen atoms in total. The second-order valence-electron chi connectivity index (χ2n) is 6.16. The SMILES string of the molecule is CO[C@](C)(CNC(=O)NCC1CCCC1)c1cccc(Cl)c1. The number of amides is 2. The van der Waals surface area contributed by atoms with E-state index in [9.17, 15) is 4.79 Å². The van der Waals surface area contributed by atoms with Crippen molar-refractivity contribution in [1.29, 1.82) is 0 Å². The molecule has 0 unspecified atom stereocenters. The van der Waals surface area contributed by atoms with E-state index in [0.29, 0.717) is 17.5 Å². The third-order valence-electron chi connectivity index (χ3n) is 4.50. The third kappa shape index (κ3) is 4.62. The van der Waals surface area contributed by atoms with Crippen LogP contribution in [0.15, 0.2) is 24.3 Å². The van der Waals surface area contributed by atoms with Gasteiger partial charge in [-0.15, -0.1) is 0 Å². The summed E-state index contributed by atoms with van der Waals surface area (Å²) in [5.74, 6) is 0.632. The standard InChI is InChI=1S/C17H25ClN2O2/c1-17(22-2,14-8-5-9-15(18)10-14)12-20-16(21)19-11-13-6-3-4-7-13/h5,8-10,13H,3-4,6-7,11-12H2,1-2H3,(H2,19,20,21)/t17-/m1/s1. The van der Waals surface area contributed by atoms with Crippen molar-refractivity contribution in [1.82, 2.24) is 10.6 Å². The Bertz CT molecular complexity index is 503. The predicted octanol–water partition coefficient (Wildman–Crippen LogP) is 3.69. The van der Waals surface area contributed by atoms with Crippen LogP contribution in [0.5, 0.6) is 0 Å². The molecule has 0 aliphatic heterocycles. The molecule has 122 valence electrons. The molecule has 1 aromatic rings. The first-order valence-corrected chi connectivity index (χ1v) is 8.24. The van der Waals surface area contributed by atoms with Gasteiger partial charge in [0.15, 0.2) is 0 Å². The lowest BCUT2D eigenvalue weighted by molar-refractivity contribution is 0.00487. The summed E-state index contributed by atoms with van der Waals surface area (Å²) in [6.45, 7) is 3.09. The number of carbonyl (C=O) groups excluding carboxylic acids is 1. The molecule has 0 radical (unpaired) electrons. The molecule has 1 saturated carbocycles. The summed E-state index contributed by atoms with van der Waals surface area (Å²) in [5.41, 5.74) is 0.342. The normalized spacial score (nSPS) is 18.0. The first kappa shape index (κ1) is 17.1. The van der Waals surface area contributed by atoms with Crippen molar-refractivity contribution in [2.75, 3.05) is 20.2 Å². The molecule has 2 N–H and O–H groups in total. The fraction of sp³-hybridized carbons (Fsp3) is 0.588. The van der Waals surface area contributed by atoms with Crippen molar-refractivity contribution in [2.24, 2.45) is 5.92 Å². The Morgan fingerprint density at radius 2 is 2.09 bits per heavy atom. The van der Waals surface area contributed by atoms with Crippen LogP contribution in [0, 0.1) is 5.92 Å². The van der Waals surface area contributed by atoms with Crippen LogP contribution in [-0.4, -0.2) is 26.2 Å². The number of methoxy groups -OCH3 is 1. The van der Waals surface area contributed by atoms with Crippen LogP contribution < -0.4 is 10.6 Å². The van der Waals surface area contributed by atoms with Gasteiger partial charge in [0.2, 0.25) is 0 Å². The molecule has 0 spiro atoms. The molecule has 1 aliphatic rings. The van der Waals surface area contributed by atoms with Gasteiger partial charge >= 0.3 is 6.03 Å². The number of hydrogen-bond acceptors (Lipinski definition) is 2. The lowest BCUT2D eigenvalue weighted by atomic mass is 9.96. The molecular weight excluding hydrogens is 300 g/mol. The van der Waals surface area contributed by atoms with Crippen molar-refractivity contribution in [3.8, 4) is 0 Å². The van der Waals surface area contributed by atoms with Crippen LogP contribution in [0.3, 0.4) is 0 Å². The first-order chi connectivity index (χ1) is 10.5. The number of hydrogen-bond donors (Lipinski definition) is 2. The van der Waals surface area contributed by atoms with E-state index in [-0.39, 0.29) is 6.03 Å². The Morgan fingerprint density at radius 3 is 2.73 bits per heavy atom. The Balaban J connectivity index is 1.85. The summed E-state index contributed by atoms with van der Waals surface area (Å²) >= 11 is 6.04. The van der Waals surface area contributed by atoms with E-state index in [2.05, 4.69) is 10.6 Å². The highest BCUT2D eigenvalue weighted by Gasteiger charge is 2.27. The zero-order valence-electron chi connectivity index (χ0n) is 13.3. The Hall–Kier alpha value is -1.26. The molecule has 2 amide bonds. The second-order valence-corrected chi connectivity index (χ2v) is 6.60. The summed E-state index contributed by atoms with van der Waals surface area (Å²) in [6.07, 6.45) is 5.01. The van der Waals surface area contributed by atoms with E-state index in [1.54, 1.807) is 7.11 Å². The summed E-state index contributed by atoms with van der Waals surface area (Å²) in [7, 11) is 1.64. The van der Waals surface area contributed by atoms with E-state index in [1.165, 1.54) is 25.7 Å². The lowest BCUT2D eigenvalue weighted by Gasteiger charge is -2.29. The van der Waals surface area contributed by atoms with Crippen LogP contribution in [0.1, 0.15) is 38.2 Å². The Labute approximate surface area is 137 Å². The number of benzene rings is 1. The number of nitrogens with one attached hydrogen (secondary N) is 2. The maximum Gasteiger partial charge on any atom is 0.314 e. The summed E-state index contributed by atoms with van der Waals surface area (Å²) in [6, 6.07) is 7.38. The van der Waals surface area contributed by atoms with Gasteiger partial charge in [0.25, 0.3) is 0 Å². The van der Waals surface area contributed by atoms with Gasteiger partial charge in [-0.2, -0.15) is 0 Å². The highest BCUT2D eigenvalue weighted by Crippen LogP contribution is 2.26. The number of ether oxygens (including phenoxy) is 1. The van der Waals surface area contributed by atoms with E-state index in [1.807, 2.05) is 31.2 Å². The van der Waals surface area contributed by atoms with Crippen LogP contribution in [-0.2, 0) is 10.3 Å². The molecule has 2 rings (SSSR count). The Kier molecular flexibility index (Phi) is 6.09. The van der Waals surface area contributed by atoms with Gasteiger partial charge in [-0.3, -0.25) is 0 Å². The quantitative estimate of drug-likeness (QED) is 0.838. The minimum absolute atomic E-state index is 0.141. The molecule has 1 atom stereocenters. The molecule has 0 saturated heterocycles. The minimum Gasteiger partial charge on any atom is -0.372 e. The number of urea groups is 1. The van der Waals surface area contributed by atoms with E-state index in [0.717, 1.165) is 12.1 Å². The van der Waals surface area contributed by atoms with Gasteiger partial charge in [0, 0.05) is 18.7 Å². The molecule has 0 heterocycles. The highest BCUT2D eigenvalue weighted by atomic mass is 35.5. The third-order valence-corrected chi connectivity index (χ3v) is 4.73. The van der Waals surface area contributed by atoms with Crippen molar-refractivity contribution < 1.29 is 9.53 Å². The number of carbonyl (C=O) groups is 1. The summed E-state index contributed by atoms with van der Waals surface area (Å²) < 4.78 is 5.61. The van der Waals surface area contributed by atoms with Gasteiger partial charge in [0.05, 0.1) is 6.54 Å². The van der Waals surface area contributed by atoms with Gasteiger partial charge in [-0.05, 0) is 43.4 Å². The number of halogens is 1. The van der Waals surface area contributed by atoms with Crippen LogP contribution >= 0.6 is 11.6 Å². The van der Waals surface area contributed by atoms with Crippen LogP contribution in [0.25, 0.3) is 0 Å². The molecule has 0 aromatic heterocycles. The molecule has 1 aromatic carbocycles. The lowest BCUT2D eigenvalue weighted by Crippen LogP contribution is -2.45. The summed E-state index contributed by atoms with van der Waals surface area (Å²) in [5, 5.41) is 6.51. The van der Waals surface area contributed by atoms with Gasteiger partial charge in [-0.25, -0.2) is 4.79 Å². The first-order valence-electron chi connectivity index (χ1n) is 7.86. The van der Waals surface area contributed by atoms with Gasteiger partial charge < -0.3 is 15.4 Å². The molecule has 1 fully saturated rings. The maximum atomic E-state index is 12.0. The highest BCUT2D eigenvalue weighted by molar-refractivity contribution is 6.30. The predicted molar refractivity (Wildman–Crippen MR) is 89.2 cm³/mol. The zero-order valence-corrected chi connectivity index (χ0v) is 14.1. The van der Waals surface area contributed by atoms with Gasteiger partial charge in [0.1, 0.15) is 5.60 Å². The fourth-order valence-corrected chi connectivity index (χ4v) is 3.06. The fourth-order valence-electron chi connectivity index (χ4n) is 2.87. The summed E-state index contributed by atoms with van der Waals surface area (Å²) in [4.78, 5) is 12.0. The minimum atomic E-state index is -0.602. The smallest absolute Gasteiger partial charge is 0.314 e. The number of rotatable bonds is 6. The van der Waals surface area contributed by atoms with Gasteiger partial charge in [-0.1, -0.05) is 36.6 Å². The van der Waals surface area contributed by atoms with Crippen molar-refractivity contribution in [3.05, 3.63) is 34.9 Å². The molecule has 22 heavy (non-hydrogen) atoms. The maximum absolute atomic E-state index is 12.0. The van der Waals surface area contributed by atoms with E-state index in [4.69, 9.17) is 16.3 Å². The molecular formula is C17H25ClN2O2. The second kappa shape index (κ2) is 7.84. The molecule has 5 heteroatoms. The van der Waals surface area contributed by atoms with E-state index < -0.39 is 5.60 Å². The average molecular weight is 325 g/mol. The van der Waals surface area contributed by atoms with Crippen molar-refractivity contribution in [2.45, 2.75) is 38.2 Å². The van der Waals surface area contributed by atoms with Crippen molar-refractivity contribution in [3.63, 3.8) is 0 Å². The van der Waals surface area contributed by atoms with Crippen molar-refractivity contribution >= 4 is 17.6 Å². The van der Waals surface area contributed by atoms with E-state index >= 15 is 0 Å². The van der Waals surface area contributed by atoms with Crippen LogP contribution in [0.4, 0.5) is 4.79 Å². The monoisotopic (exact) mass is 324 g/mol. The largest absolute Gasteiger partial charge is 0.372 e. The Morgan fingerprint density at radius 1 is 1.36 bits per heavy atom. The molecule has 0 bridgehead atoms. The topological polar surface area (TPSA) is 50.4 Å². The average Bonchev–Trinajstić information content (AvgIpc) is 3.04. The zero-order chi connectivity index (χ0) is 16.0.